The zero-order chi connectivity index (χ0) is 33.3. The van der Waals surface area contributed by atoms with Crippen LogP contribution in [-0.2, 0) is 6.61 Å². The molecule has 7 rings (SSSR count). The number of para-hydroxylation sites is 1. The lowest BCUT2D eigenvalue weighted by atomic mass is 9.86. The molecule has 2 nitrogen and oxygen atoms in total. The van der Waals surface area contributed by atoms with Gasteiger partial charge in [-0.25, -0.2) is 0 Å². The Bertz CT molecular complexity index is 2080. The predicted octanol–water partition coefficient (Wildman–Crippen LogP) is 12.4. The van der Waals surface area contributed by atoms with Crippen LogP contribution in [0.4, 0.5) is 17.1 Å². The summed E-state index contributed by atoms with van der Waals surface area (Å²) in [5, 5.41) is 0. The third-order valence-electron chi connectivity index (χ3n) is 8.58. The fourth-order valence-corrected chi connectivity index (χ4v) is 6.13. The van der Waals surface area contributed by atoms with Crippen molar-refractivity contribution in [3.63, 3.8) is 0 Å². The Morgan fingerprint density at radius 3 is 1.27 bits per heavy atom. The summed E-state index contributed by atoms with van der Waals surface area (Å²) >= 11 is 0. The molecule has 236 valence electrons. The molecule has 0 unspecified atom stereocenters. The molecule has 0 saturated carbocycles. The highest BCUT2D eigenvalue weighted by atomic mass is 16.5. The van der Waals surface area contributed by atoms with Gasteiger partial charge >= 0.3 is 0 Å². The number of rotatable bonds is 11. The van der Waals surface area contributed by atoms with E-state index in [1.807, 2.05) is 18.2 Å². The molecule has 0 saturated heterocycles. The minimum absolute atomic E-state index is 0.506. The average Bonchev–Trinajstić information content (AvgIpc) is 3.19. The molecule has 7 aromatic carbocycles. The molecule has 0 aliphatic carbocycles. The number of anilines is 3. The van der Waals surface area contributed by atoms with Gasteiger partial charge in [-0.05, 0) is 93.1 Å². The van der Waals surface area contributed by atoms with Gasteiger partial charge in [0.05, 0.1) is 0 Å². The molecule has 0 bridgehead atoms. The first kappa shape index (κ1) is 31.2. The van der Waals surface area contributed by atoms with E-state index >= 15 is 0 Å². The third-order valence-corrected chi connectivity index (χ3v) is 8.58. The summed E-state index contributed by atoms with van der Waals surface area (Å²) in [4.78, 5) is 2.28. The topological polar surface area (TPSA) is 12.5 Å². The number of ether oxygens (including phenoxy) is 1. The summed E-state index contributed by atoms with van der Waals surface area (Å²) in [6.45, 7) is 4.34. The molecule has 0 atom stereocenters. The molecule has 2 heteroatoms. The van der Waals surface area contributed by atoms with E-state index < -0.39 is 0 Å². The minimum atomic E-state index is 0.506. The Hall–Kier alpha value is -6.38. The Balaban J connectivity index is 1.26. The van der Waals surface area contributed by atoms with Gasteiger partial charge in [0.1, 0.15) is 12.4 Å². The first-order chi connectivity index (χ1) is 24.3. The highest BCUT2D eigenvalue weighted by molar-refractivity contribution is 6.04. The fourth-order valence-electron chi connectivity index (χ4n) is 6.13. The Morgan fingerprint density at radius 1 is 0.429 bits per heavy atom. The average molecular weight is 632 g/mol. The van der Waals surface area contributed by atoms with Gasteiger partial charge < -0.3 is 9.64 Å². The van der Waals surface area contributed by atoms with Gasteiger partial charge in [-0.2, -0.15) is 0 Å². The lowest BCUT2D eigenvalue weighted by Gasteiger charge is -2.26. The van der Waals surface area contributed by atoms with Crippen molar-refractivity contribution in [1.82, 2.24) is 0 Å². The van der Waals surface area contributed by atoms with Crippen molar-refractivity contribution in [1.29, 1.82) is 0 Å². The smallest absolute Gasteiger partial charge is 0.119 e. The van der Waals surface area contributed by atoms with Crippen molar-refractivity contribution in [2.45, 2.75) is 6.61 Å². The molecular weight excluding hydrogens is 595 g/mol. The molecule has 0 aliphatic heterocycles. The molecule has 0 heterocycles. The summed E-state index contributed by atoms with van der Waals surface area (Å²) in [6.07, 6.45) is 1.85. The summed E-state index contributed by atoms with van der Waals surface area (Å²) in [5.41, 5.74) is 12.5. The van der Waals surface area contributed by atoms with E-state index in [1.54, 1.807) is 0 Å². The largest absolute Gasteiger partial charge is 0.489 e. The second-order valence-electron chi connectivity index (χ2n) is 11.8. The zero-order valence-electron chi connectivity index (χ0n) is 27.3. The standard InChI is InChI=1S/C47H37NO/c1-2-36-23-25-37(26-24-36)35-49-45-33-31-44(32-34-45)48(42-21-13-6-14-22-42)43-29-27-41(28-30-43)47(40-19-11-5-12-20-40)46(38-15-7-3-8-16-38)39-17-9-4-10-18-39/h2-34H,1,35H2. The fraction of sp³-hybridized carbons (Fsp3) is 0.0213. The van der Waals surface area contributed by atoms with E-state index in [1.165, 1.54) is 27.8 Å². The highest BCUT2D eigenvalue weighted by Gasteiger charge is 2.18. The van der Waals surface area contributed by atoms with Gasteiger partial charge in [-0.1, -0.05) is 158 Å². The van der Waals surface area contributed by atoms with E-state index in [2.05, 4.69) is 193 Å². The molecule has 7 aromatic rings. The van der Waals surface area contributed by atoms with Crippen LogP contribution >= 0.6 is 0 Å². The van der Waals surface area contributed by atoms with Gasteiger partial charge in [0, 0.05) is 17.1 Å². The number of benzene rings is 7. The van der Waals surface area contributed by atoms with E-state index in [9.17, 15) is 0 Å². The third kappa shape index (κ3) is 7.30. The highest BCUT2D eigenvalue weighted by Crippen LogP contribution is 2.40. The van der Waals surface area contributed by atoms with E-state index in [0.717, 1.165) is 39.5 Å². The van der Waals surface area contributed by atoms with Crippen LogP contribution in [0, 0.1) is 0 Å². The van der Waals surface area contributed by atoms with Crippen LogP contribution < -0.4 is 9.64 Å². The van der Waals surface area contributed by atoms with Crippen LogP contribution in [0.15, 0.2) is 201 Å². The maximum absolute atomic E-state index is 6.14. The van der Waals surface area contributed by atoms with Crippen LogP contribution in [0.25, 0.3) is 17.2 Å². The molecule has 0 aliphatic rings. The van der Waals surface area contributed by atoms with Gasteiger partial charge in [0.2, 0.25) is 0 Å². The van der Waals surface area contributed by atoms with E-state index in [-0.39, 0.29) is 0 Å². The maximum Gasteiger partial charge on any atom is 0.119 e. The van der Waals surface area contributed by atoms with Gasteiger partial charge in [-0.15, -0.1) is 0 Å². The number of hydrogen-bond acceptors (Lipinski definition) is 2. The van der Waals surface area contributed by atoms with E-state index in [4.69, 9.17) is 4.74 Å². The van der Waals surface area contributed by atoms with Crippen LogP contribution in [0.2, 0.25) is 0 Å². The van der Waals surface area contributed by atoms with Crippen molar-refractivity contribution in [3.8, 4) is 5.75 Å². The molecule has 0 amide bonds. The minimum Gasteiger partial charge on any atom is -0.489 e. The monoisotopic (exact) mass is 631 g/mol. The molecule has 0 fully saturated rings. The van der Waals surface area contributed by atoms with Crippen molar-refractivity contribution in [2.24, 2.45) is 0 Å². The molecule has 49 heavy (non-hydrogen) atoms. The molecule has 0 spiro atoms. The lowest BCUT2D eigenvalue weighted by molar-refractivity contribution is 0.306. The normalized spacial score (nSPS) is 10.6. The van der Waals surface area contributed by atoms with Crippen LogP contribution in [0.3, 0.4) is 0 Å². The van der Waals surface area contributed by atoms with E-state index in [0.29, 0.717) is 6.61 Å². The summed E-state index contributed by atoms with van der Waals surface area (Å²) < 4.78 is 6.14. The second-order valence-corrected chi connectivity index (χ2v) is 11.8. The van der Waals surface area contributed by atoms with Crippen LogP contribution in [0.5, 0.6) is 5.75 Å². The van der Waals surface area contributed by atoms with Crippen LogP contribution in [0.1, 0.15) is 33.4 Å². The molecular formula is C47H37NO. The first-order valence-electron chi connectivity index (χ1n) is 16.6. The Labute approximate surface area is 289 Å². The molecule has 0 aromatic heterocycles. The quantitative estimate of drug-likeness (QED) is 0.132. The van der Waals surface area contributed by atoms with Crippen molar-refractivity contribution < 1.29 is 4.74 Å². The second kappa shape index (κ2) is 15.0. The van der Waals surface area contributed by atoms with Crippen molar-refractivity contribution in [3.05, 3.63) is 234 Å². The summed E-state index contributed by atoms with van der Waals surface area (Å²) in [5.74, 6) is 0.826. The van der Waals surface area contributed by atoms with Crippen molar-refractivity contribution >= 4 is 34.3 Å². The zero-order valence-corrected chi connectivity index (χ0v) is 27.3. The molecule has 0 radical (unpaired) electrons. The van der Waals surface area contributed by atoms with Crippen molar-refractivity contribution in [2.75, 3.05) is 4.90 Å². The van der Waals surface area contributed by atoms with Gasteiger partial charge in [0.15, 0.2) is 0 Å². The Kier molecular flexibility index (Phi) is 9.57. The number of nitrogens with zero attached hydrogens (tertiary/aromatic N) is 1. The first-order valence-corrected chi connectivity index (χ1v) is 16.6. The molecule has 0 N–H and O–H groups in total. The Morgan fingerprint density at radius 2 is 0.816 bits per heavy atom. The van der Waals surface area contributed by atoms with Gasteiger partial charge in [-0.3, -0.25) is 0 Å². The van der Waals surface area contributed by atoms with Crippen LogP contribution in [-0.4, -0.2) is 0 Å². The summed E-state index contributed by atoms with van der Waals surface area (Å²) in [7, 11) is 0. The maximum atomic E-state index is 6.14. The lowest BCUT2D eigenvalue weighted by Crippen LogP contribution is -2.10. The van der Waals surface area contributed by atoms with Gasteiger partial charge in [0.25, 0.3) is 0 Å². The summed E-state index contributed by atoms with van der Waals surface area (Å²) in [6, 6.07) is 68.1. The SMILES string of the molecule is C=Cc1ccc(COc2ccc(N(c3ccccc3)c3ccc(C(=C(c4ccccc4)c4ccccc4)c4ccccc4)cc3)cc2)cc1. The predicted molar refractivity (Wildman–Crippen MR) is 206 cm³/mol. The number of hydrogen-bond donors (Lipinski definition) is 0.